The van der Waals surface area contributed by atoms with E-state index in [1.54, 1.807) is 6.07 Å². The maximum absolute atomic E-state index is 11.9. The molecule has 5 heteroatoms. The molecule has 3 N–H and O–H groups in total. The molecule has 2 aliphatic rings. The summed E-state index contributed by atoms with van der Waals surface area (Å²) in [5.74, 6) is 2.21. The number of amides is 1. The number of carbonyl (C=O) groups excluding carboxylic acids is 1. The average Bonchev–Trinajstić information content (AvgIpc) is 3.03. The third-order valence-electron chi connectivity index (χ3n) is 4.77. The summed E-state index contributed by atoms with van der Waals surface area (Å²) in [7, 11) is 0. The van der Waals surface area contributed by atoms with Gasteiger partial charge in [0, 0.05) is 24.5 Å². The lowest BCUT2D eigenvalue weighted by molar-refractivity contribution is -0.122. The molecule has 1 amide bonds. The number of carbonyl (C=O) groups is 1. The minimum atomic E-state index is -0.200. The fraction of sp³-hybridized carbons (Fsp3) is 0.600. The molecule has 108 valence electrons. The number of anilines is 1. The Kier molecular flexibility index (Phi) is 3.51. The van der Waals surface area contributed by atoms with Crippen molar-refractivity contribution in [2.45, 2.75) is 32.2 Å². The van der Waals surface area contributed by atoms with Crippen LogP contribution in [0.4, 0.5) is 5.69 Å². The third kappa shape index (κ3) is 2.71. The molecule has 2 fully saturated rings. The van der Waals surface area contributed by atoms with Crippen molar-refractivity contribution in [2.75, 3.05) is 12.3 Å². The average molecular weight is 275 g/mol. The van der Waals surface area contributed by atoms with Crippen molar-refractivity contribution in [3.63, 3.8) is 0 Å². The minimum absolute atomic E-state index is 0.0463. The Hall–Kier alpha value is -1.78. The van der Waals surface area contributed by atoms with Crippen LogP contribution in [0.5, 0.6) is 0 Å². The normalized spacial score (nSPS) is 27.7. The van der Waals surface area contributed by atoms with E-state index >= 15 is 0 Å². The quantitative estimate of drug-likeness (QED) is 0.860. The summed E-state index contributed by atoms with van der Waals surface area (Å²) in [5.41, 5.74) is 5.92. The number of hydrogen-bond donors (Lipinski definition) is 2. The van der Waals surface area contributed by atoms with E-state index in [9.17, 15) is 9.59 Å². The summed E-state index contributed by atoms with van der Waals surface area (Å²) in [6, 6.07) is 2.94. The first-order valence-corrected chi connectivity index (χ1v) is 7.34. The number of hydrogen-bond acceptors (Lipinski definition) is 3. The molecule has 3 unspecified atom stereocenters. The van der Waals surface area contributed by atoms with Gasteiger partial charge in [-0.25, -0.2) is 0 Å². The van der Waals surface area contributed by atoms with Crippen LogP contribution in [0.15, 0.2) is 23.1 Å². The number of pyridine rings is 1. The Morgan fingerprint density at radius 2 is 2.20 bits per heavy atom. The number of nitrogens with zero attached hydrogens (tertiary/aromatic N) is 1. The van der Waals surface area contributed by atoms with Gasteiger partial charge in [-0.3, -0.25) is 9.59 Å². The second-order valence-corrected chi connectivity index (χ2v) is 6.17. The highest BCUT2D eigenvalue weighted by atomic mass is 16.2. The zero-order valence-corrected chi connectivity index (χ0v) is 11.5. The number of rotatable bonds is 4. The molecular formula is C15H21N3O2. The van der Waals surface area contributed by atoms with E-state index in [1.165, 1.54) is 42.5 Å². The molecule has 0 aromatic carbocycles. The van der Waals surface area contributed by atoms with E-state index in [1.807, 2.05) is 0 Å². The first kappa shape index (κ1) is 13.2. The van der Waals surface area contributed by atoms with Gasteiger partial charge in [0.2, 0.25) is 5.91 Å². The van der Waals surface area contributed by atoms with Crippen LogP contribution in [-0.2, 0) is 11.3 Å². The van der Waals surface area contributed by atoms with Crippen LogP contribution in [0.2, 0.25) is 0 Å². The van der Waals surface area contributed by atoms with Gasteiger partial charge >= 0.3 is 0 Å². The molecule has 20 heavy (non-hydrogen) atoms. The Balaban J connectivity index is 1.52. The van der Waals surface area contributed by atoms with Crippen LogP contribution in [-0.4, -0.2) is 17.0 Å². The minimum Gasteiger partial charge on any atom is -0.398 e. The highest BCUT2D eigenvalue weighted by Gasteiger charge is 2.39. The number of nitrogen functional groups attached to an aromatic ring is 1. The number of nitrogens with one attached hydrogen (secondary N) is 1. The van der Waals surface area contributed by atoms with Crippen molar-refractivity contribution in [1.29, 1.82) is 0 Å². The molecule has 2 aliphatic carbocycles. The van der Waals surface area contributed by atoms with Gasteiger partial charge in [-0.05, 0) is 43.1 Å². The monoisotopic (exact) mass is 275 g/mol. The number of fused-ring (bicyclic) bond motifs is 2. The van der Waals surface area contributed by atoms with Crippen LogP contribution in [0.1, 0.15) is 25.7 Å². The van der Waals surface area contributed by atoms with E-state index in [4.69, 9.17) is 5.73 Å². The van der Waals surface area contributed by atoms with Crippen LogP contribution in [0.3, 0.4) is 0 Å². The van der Waals surface area contributed by atoms with Crippen molar-refractivity contribution >= 4 is 11.6 Å². The Bertz CT molecular complexity index is 566. The van der Waals surface area contributed by atoms with Gasteiger partial charge in [0.05, 0.1) is 0 Å². The zero-order chi connectivity index (χ0) is 14.1. The highest BCUT2D eigenvalue weighted by molar-refractivity contribution is 5.75. The lowest BCUT2D eigenvalue weighted by atomic mass is 9.89. The molecule has 5 nitrogen and oxygen atoms in total. The Labute approximate surface area is 118 Å². The first-order valence-electron chi connectivity index (χ1n) is 7.34. The lowest BCUT2D eigenvalue weighted by Gasteiger charge is -2.21. The van der Waals surface area contributed by atoms with Gasteiger partial charge in [0.1, 0.15) is 6.54 Å². The van der Waals surface area contributed by atoms with Crippen molar-refractivity contribution in [3.05, 3.63) is 28.7 Å². The van der Waals surface area contributed by atoms with Gasteiger partial charge in [-0.2, -0.15) is 0 Å². The lowest BCUT2D eigenvalue weighted by Crippen LogP contribution is -2.36. The molecule has 2 bridgehead atoms. The van der Waals surface area contributed by atoms with E-state index < -0.39 is 0 Å². The second-order valence-electron chi connectivity index (χ2n) is 6.17. The summed E-state index contributed by atoms with van der Waals surface area (Å²) in [6.07, 6.45) is 6.80. The molecule has 3 rings (SSSR count). The van der Waals surface area contributed by atoms with E-state index in [2.05, 4.69) is 5.32 Å². The molecule has 0 aliphatic heterocycles. The molecular weight excluding hydrogens is 254 g/mol. The SMILES string of the molecule is Nc1ccc(=O)n(CC(=O)NCC2CC3CCC2C3)c1. The summed E-state index contributed by atoms with van der Waals surface area (Å²) in [6.45, 7) is 0.793. The number of aromatic nitrogens is 1. The van der Waals surface area contributed by atoms with Crippen LogP contribution in [0, 0.1) is 17.8 Å². The summed E-state index contributed by atoms with van der Waals surface area (Å²) in [4.78, 5) is 23.5. The number of nitrogens with two attached hydrogens (primary N) is 1. The molecule has 1 heterocycles. The smallest absolute Gasteiger partial charge is 0.251 e. The standard InChI is InChI=1S/C15H21N3O2/c16-13-3-4-15(20)18(8-13)9-14(19)17-7-12-6-10-1-2-11(12)5-10/h3-4,8,10-12H,1-2,5-7,9,16H2,(H,17,19). The van der Waals surface area contributed by atoms with Crippen molar-refractivity contribution in [3.8, 4) is 0 Å². The van der Waals surface area contributed by atoms with Gasteiger partial charge in [-0.1, -0.05) is 6.42 Å². The predicted octanol–water partition coefficient (Wildman–Crippen LogP) is 0.983. The molecule has 3 atom stereocenters. The molecule has 0 radical (unpaired) electrons. The first-order chi connectivity index (χ1) is 9.61. The zero-order valence-electron chi connectivity index (χ0n) is 11.5. The van der Waals surface area contributed by atoms with Gasteiger partial charge in [0.25, 0.3) is 5.56 Å². The Morgan fingerprint density at radius 1 is 1.35 bits per heavy atom. The fourth-order valence-electron chi connectivity index (χ4n) is 3.76. The molecule has 0 spiro atoms. The van der Waals surface area contributed by atoms with Crippen molar-refractivity contribution in [1.82, 2.24) is 9.88 Å². The maximum atomic E-state index is 11.9. The maximum Gasteiger partial charge on any atom is 0.251 e. The molecule has 2 saturated carbocycles. The van der Waals surface area contributed by atoms with Gasteiger partial charge < -0.3 is 15.6 Å². The molecule has 1 aromatic rings. The van der Waals surface area contributed by atoms with Crippen LogP contribution >= 0.6 is 0 Å². The molecule has 1 aromatic heterocycles. The highest BCUT2D eigenvalue weighted by Crippen LogP contribution is 2.47. The predicted molar refractivity (Wildman–Crippen MR) is 77.1 cm³/mol. The summed E-state index contributed by atoms with van der Waals surface area (Å²) in [5, 5.41) is 2.97. The summed E-state index contributed by atoms with van der Waals surface area (Å²) >= 11 is 0. The van der Waals surface area contributed by atoms with Gasteiger partial charge in [0.15, 0.2) is 0 Å². The van der Waals surface area contributed by atoms with Crippen LogP contribution < -0.4 is 16.6 Å². The third-order valence-corrected chi connectivity index (χ3v) is 4.77. The van der Waals surface area contributed by atoms with Gasteiger partial charge in [-0.15, -0.1) is 0 Å². The van der Waals surface area contributed by atoms with E-state index in [-0.39, 0.29) is 18.0 Å². The summed E-state index contributed by atoms with van der Waals surface area (Å²) < 4.78 is 1.35. The van der Waals surface area contributed by atoms with Crippen molar-refractivity contribution in [2.24, 2.45) is 17.8 Å². The van der Waals surface area contributed by atoms with E-state index in [0.717, 1.165) is 18.4 Å². The topological polar surface area (TPSA) is 77.1 Å². The Morgan fingerprint density at radius 3 is 2.90 bits per heavy atom. The van der Waals surface area contributed by atoms with E-state index in [0.29, 0.717) is 11.6 Å². The second kappa shape index (κ2) is 5.31. The largest absolute Gasteiger partial charge is 0.398 e. The fourth-order valence-corrected chi connectivity index (χ4v) is 3.76. The molecule has 0 saturated heterocycles. The van der Waals surface area contributed by atoms with Crippen molar-refractivity contribution < 1.29 is 4.79 Å². The van der Waals surface area contributed by atoms with Crippen LogP contribution in [0.25, 0.3) is 0 Å².